The largest absolute Gasteiger partial charge is 0.416 e. The van der Waals surface area contributed by atoms with Gasteiger partial charge in [-0.15, -0.1) is 0 Å². The number of halogens is 5. The fourth-order valence-corrected chi connectivity index (χ4v) is 3.00. The Bertz CT molecular complexity index is 1040. The summed E-state index contributed by atoms with van der Waals surface area (Å²) >= 11 is 0. The number of alkyl halides is 3. The number of rotatable bonds is 2. The van der Waals surface area contributed by atoms with E-state index in [-0.39, 0.29) is 17.1 Å². The molecule has 2 aromatic carbocycles. The van der Waals surface area contributed by atoms with Crippen molar-refractivity contribution in [2.24, 2.45) is 0 Å². The third kappa shape index (κ3) is 3.05. The van der Waals surface area contributed by atoms with Crippen molar-refractivity contribution in [2.75, 3.05) is 5.32 Å². The fourth-order valence-electron chi connectivity index (χ4n) is 3.00. The van der Waals surface area contributed by atoms with Gasteiger partial charge in [-0.25, -0.2) is 13.5 Å². The number of hydrogen-bond donors (Lipinski definition) is 1. The Balaban J connectivity index is 1.87. The molecule has 0 bridgehead atoms. The van der Waals surface area contributed by atoms with E-state index < -0.39 is 29.4 Å². The topological polar surface area (TPSA) is 42.7 Å². The second-order valence-electron chi connectivity index (χ2n) is 5.89. The van der Waals surface area contributed by atoms with Gasteiger partial charge < -0.3 is 5.32 Å². The number of hydrogen-bond acceptors (Lipinski definition) is 3. The van der Waals surface area contributed by atoms with E-state index in [1.54, 1.807) is 0 Å². The van der Waals surface area contributed by atoms with Gasteiger partial charge in [0.1, 0.15) is 12.4 Å². The highest BCUT2D eigenvalue weighted by Gasteiger charge is 2.36. The van der Waals surface area contributed by atoms with Crippen molar-refractivity contribution in [1.82, 2.24) is 14.8 Å². The molecule has 0 spiro atoms. The number of benzene rings is 2. The van der Waals surface area contributed by atoms with Crippen LogP contribution in [0.3, 0.4) is 0 Å². The normalized spacial score (nSPS) is 16.5. The number of nitrogens with zero attached hydrogens (tertiary/aromatic N) is 3. The molecule has 0 saturated carbocycles. The molecule has 138 valence electrons. The van der Waals surface area contributed by atoms with E-state index in [0.717, 1.165) is 18.2 Å². The van der Waals surface area contributed by atoms with Crippen molar-refractivity contribution in [3.05, 3.63) is 83.2 Å². The number of allylic oxidation sites excluding steroid dienone is 1. The maximum Gasteiger partial charge on any atom is 0.416 e. The lowest BCUT2D eigenvalue weighted by Crippen LogP contribution is -2.23. The van der Waals surface area contributed by atoms with Crippen LogP contribution in [-0.4, -0.2) is 14.8 Å². The zero-order valence-corrected chi connectivity index (χ0v) is 13.5. The van der Waals surface area contributed by atoms with Crippen LogP contribution in [0.1, 0.15) is 22.7 Å². The van der Waals surface area contributed by atoms with Crippen molar-refractivity contribution in [1.29, 1.82) is 0 Å². The van der Waals surface area contributed by atoms with Crippen LogP contribution in [0.2, 0.25) is 0 Å². The van der Waals surface area contributed by atoms with E-state index in [2.05, 4.69) is 15.4 Å². The van der Waals surface area contributed by atoms with E-state index >= 15 is 0 Å². The molecule has 3 aromatic rings. The van der Waals surface area contributed by atoms with Crippen LogP contribution in [0, 0.1) is 11.6 Å². The van der Waals surface area contributed by atoms with Gasteiger partial charge in [-0.05, 0) is 35.9 Å². The number of aromatic nitrogens is 3. The van der Waals surface area contributed by atoms with E-state index in [9.17, 15) is 22.0 Å². The molecule has 1 aliphatic rings. The van der Waals surface area contributed by atoms with Gasteiger partial charge in [0.05, 0.1) is 5.56 Å². The molecule has 0 aliphatic carbocycles. The minimum absolute atomic E-state index is 0.0293. The first kappa shape index (κ1) is 17.2. The maximum absolute atomic E-state index is 13.6. The zero-order chi connectivity index (χ0) is 19.2. The van der Waals surface area contributed by atoms with Crippen molar-refractivity contribution in [3.63, 3.8) is 0 Å². The highest BCUT2D eigenvalue weighted by atomic mass is 19.4. The first-order valence-corrected chi connectivity index (χ1v) is 7.84. The van der Waals surface area contributed by atoms with Gasteiger partial charge in [0, 0.05) is 11.3 Å². The van der Waals surface area contributed by atoms with Gasteiger partial charge in [0.15, 0.2) is 11.6 Å². The van der Waals surface area contributed by atoms with E-state index in [1.807, 2.05) is 0 Å². The quantitative estimate of drug-likeness (QED) is 0.661. The second-order valence-corrected chi connectivity index (χ2v) is 5.89. The molecule has 1 aliphatic heterocycles. The molecule has 4 rings (SSSR count). The summed E-state index contributed by atoms with van der Waals surface area (Å²) in [5.41, 5.74) is -0.258. The molecule has 0 radical (unpaired) electrons. The van der Waals surface area contributed by atoms with Crippen molar-refractivity contribution < 1.29 is 22.0 Å². The minimum atomic E-state index is -4.56. The van der Waals surface area contributed by atoms with E-state index in [1.165, 1.54) is 41.4 Å². The number of nitrogens with one attached hydrogen (secondary N) is 1. The highest BCUT2D eigenvalue weighted by Crippen LogP contribution is 2.39. The van der Waals surface area contributed by atoms with E-state index in [4.69, 9.17) is 0 Å². The average molecular weight is 378 g/mol. The van der Waals surface area contributed by atoms with Gasteiger partial charge in [-0.1, -0.05) is 18.2 Å². The van der Waals surface area contributed by atoms with Crippen LogP contribution < -0.4 is 5.32 Å². The SMILES string of the molecule is Fc1ccc(C2=C[C@@H](c3ccccc3C(F)(F)F)n3ncnc3N2)cc1F. The van der Waals surface area contributed by atoms with Crippen LogP contribution >= 0.6 is 0 Å². The Morgan fingerprint density at radius 2 is 1.78 bits per heavy atom. The smallest absolute Gasteiger partial charge is 0.324 e. The summed E-state index contributed by atoms with van der Waals surface area (Å²) in [6.07, 6.45) is -1.88. The third-order valence-electron chi connectivity index (χ3n) is 4.22. The Labute approximate surface area is 150 Å². The van der Waals surface area contributed by atoms with Crippen LogP contribution in [0.5, 0.6) is 0 Å². The van der Waals surface area contributed by atoms with Gasteiger partial charge in [0.25, 0.3) is 0 Å². The van der Waals surface area contributed by atoms with Crippen LogP contribution in [0.15, 0.2) is 54.9 Å². The van der Waals surface area contributed by atoms with Gasteiger partial charge in [-0.3, -0.25) is 0 Å². The molecule has 0 amide bonds. The van der Waals surface area contributed by atoms with Crippen molar-refractivity contribution >= 4 is 11.6 Å². The Morgan fingerprint density at radius 1 is 1.00 bits per heavy atom. The van der Waals surface area contributed by atoms with Gasteiger partial charge >= 0.3 is 6.18 Å². The summed E-state index contributed by atoms with van der Waals surface area (Å²) in [4.78, 5) is 3.99. The fraction of sp³-hybridized carbons (Fsp3) is 0.111. The molecule has 27 heavy (non-hydrogen) atoms. The lowest BCUT2D eigenvalue weighted by molar-refractivity contribution is -0.138. The van der Waals surface area contributed by atoms with Crippen LogP contribution in [0.25, 0.3) is 5.70 Å². The van der Waals surface area contributed by atoms with Crippen LogP contribution in [0.4, 0.5) is 27.9 Å². The monoisotopic (exact) mass is 378 g/mol. The van der Waals surface area contributed by atoms with E-state index in [0.29, 0.717) is 5.70 Å². The molecule has 0 fully saturated rings. The molecule has 2 heterocycles. The summed E-state index contributed by atoms with van der Waals surface area (Å²) in [6.45, 7) is 0. The lowest BCUT2D eigenvalue weighted by Gasteiger charge is -2.26. The Kier molecular flexibility index (Phi) is 3.94. The molecule has 0 saturated heterocycles. The summed E-state index contributed by atoms with van der Waals surface area (Å²) < 4.78 is 68.5. The Morgan fingerprint density at radius 3 is 2.52 bits per heavy atom. The summed E-state index contributed by atoms with van der Waals surface area (Å²) in [6, 6.07) is 7.45. The predicted molar refractivity (Wildman–Crippen MR) is 87.6 cm³/mol. The lowest BCUT2D eigenvalue weighted by atomic mass is 9.97. The molecule has 1 aromatic heterocycles. The minimum Gasteiger partial charge on any atom is -0.324 e. The van der Waals surface area contributed by atoms with Crippen molar-refractivity contribution in [3.8, 4) is 0 Å². The summed E-state index contributed by atoms with van der Waals surface area (Å²) in [5.74, 6) is -1.88. The number of anilines is 1. The second kappa shape index (κ2) is 6.19. The Hall–Kier alpha value is -3.23. The molecule has 9 heteroatoms. The molecule has 1 N–H and O–H groups in total. The third-order valence-corrected chi connectivity index (χ3v) is 4.22. The van der Waals surface area contributed by atoms with Gasteiger partial charge in [-0.2, -0.15) is 23.3 Å². The maximum atomic E-state index is 13.6. The number of fused-ring (bicyclic) bond motifs is 1. The zero-order valence-electron chi connectivity index (χ0n) is 13.5. The molecule has 4 nitrogen and oxygen atoms in total. The first-order chi connectivity index (χ1) is 12.8. The van der Waals surface area contributed by atoms with Crippen LogP contribution in [-0.2, 0) is 6.18 Å². The molecule has 0 unspecified atom stereocenters. The standard InChI is InChI=1S/C18H11F5N4/c19-13-6-5-10(7-14(13)20)15-8-16(27-17(26-15)24-9-25-27)11-3-1-2-4-12(11)18(21,22)23/h1-9,16H,(H,24,25,26)/t16-/m0/s1. The van der Waals surface area contributed by atoms with Gasteiger partial charge in [0.2, 0.25) is 5.95 Å². The molecule has 1 atom stereocenters. The molecular weight excluding hydrogens is 367 g/mol. The first-order valence-electron chi connectivity index (χ1n) is 7.84. The summed E-state index contributed by atoms with van der Waals surface area (Å²) in [7, 11) is 0. The molecular formula is C18H11F5N4. The average Bonchev–Trinajstić information content (AvgIpc) is 3.11. The van der Waals surface area contributed by atoms with Crippen molar-refractivity contribution in [2.45, 2.75) is 12.2 Å². The summed E-state index contributed by atoms with van der Waals surface area (Å²) in [5, 5.41) is 6.87. The highest BCUT2D eigenvalue weighted by molar-refractivity contribution is 5.77. The predicted octanol–water partition coefficient (Wildman–Crippen LogP) is 4.63.